The van der Waals surface area contributed by atoms with E-state index in [0.717, 1.165) is 0 Å². The van der Waals surface area contributed by atoms with Crippen LogP contribution in [0, 0.1) is 0 Å². The maximum Gasteiger partial charge on any atom is 0.178 e. The number of hydrogen-bond acceptors (Lipinski definition) is 3. The highest BCUT2D eigenvalue weighted by Crippen LogP contribution is 1.92. The average molecular weight is 127 g/mol. The van der Waals surface area contributed by atoms with Gasteiger partial charge in [0.1, 0.15) is 0 Å². The van der Waals surface area contributed by atoms with E-state index >= 15 is 0 Å². The summed E-state index contributed by atoms with van der Waals surface area (Å²) in [6, 6.07) is 0. The van der Waals surface area contributed by atoms with E-state index in [2.05, 4.69) is 4.99 Å². The first kappa shape index (κ1) is 8.33. The van der Waals surface area contributed by atoms with E-state index in [4.69, 9.17) is 11.5 Å². The zero-order chi connectivity index (χ0) is 7.33. The summed E-state index contributed by atoms with van der Waals surface area (Å²) in [7, 11) is 0. The third kappa shape index (κ3) is 3.88. The lowest BCUT2D eigenvalue weighted by Gasteiger charge is -2.12. The third-order valence-electron chi connectivity index (χ3n) is 0.786. The van der Waals surface area contributed by atoms with Crippen molar-refractivity contribution >= 4 is 6.21 Å². The van der Waals surface area contributed by atoms with Gasteiger partial charge in [-0.3, -0.25) is 16.5 Å². The Bertz CT molecular complexity index is 110. The van der Waals surface area contributed by atoms with E-state index in [-0.39, 0.29) is 0 Å². The minimum absolute atomic E-state index is 1.01. The molecule has 3 nitrogen and oxygen atoms in total. The molecule has 3 heteroatoms. The molecule has 0 aliphatic heterocycles. The lowest BCUT2D eigenvalue weighted by molar-refractivity contribution is 0.588. The van der Waals surface area contributed by atoms with Crippen LogP contribution >= 0.6 is 0 Å². The number of allylic oxidation sites excluding steroid dienone is 1. The Kier molecular flexibility index (Phi) is 3.12. The second kappa shape index (κ2) is 3.37. The maximum absolute atomic E-state index is 5.43. The van der Waals surface area contributed by atoms with Crippen LogP contribution in [0.15, 0.2) is 17.1 Å². The largest absolute Gasteiger partial charge is 0.291 e. The summed E-state index contributed by atoms with van der Waals surface area (Å²) in [5.41, 5.74) is 10.9. The Labute approximate surface area is 55.4 Å². The van der Waals surface area contributed by atoms with E-state index in [1.807, 2.05) is 6.92 Å². The number of rotatable bonds is 2. The van der Waals surface area contributed by atoms with Gasteiger partial charge >= 0.3 is 0 Å². The fourth-order valence-electron chi connectivity index (χ4n) is 0.534. The Balaban J connectivity index is 4.01. The van der Waals surface area contributed by atoms with E-state index < -0.39 is 5.79 Å². The molecule has 0 amide bonds. The highest BCUT2D eigenvalue weighted by Gasteiger charge is 2.08. The summed E-state index contributed by atoms with van der Waals surface area (Å²) in [5.74, 6) is -1.01. The smallest absolute Gasteiger partial charge is 0.178 e. The molecule has 0 heterocycles. The van der Waals surface area contributed by atoms with Crippen molar-refractivity contribution in [2.75, 3.05) is 0 Å². The van der Waals surface area contributed by atoms with Crippen molar-refractivity contribution in [1.29, 1.82) is 0 Å². The Morgan fingerprint density at radius 2 is 1.89 bits per heavy atom. The first-order valence-corrected chi connectivity index (χ1v) is 2.84. The third-order valence-corrected chi connectivity index (χ3v) is 0.786. The molecule has 0 aromatic carbocycles. The monoisotopic (exact) mass is 127 g/mol. The highest BCUT2D eigenvalue weighted by molar-refractivity contribution is 5.54. The molecule has 0 aromatic rings. The second-order valence-electron chi connectivity index (χ2n) is 1.77. The summed E-state index contributed by atoms with van der Waals surface area (Å²) in [6.45, 7) is 3.62. The highest BCUT2D eigenvalue weighted by atomic mass is 15.1. The minimum atomic E-state index is -1.01. The molecule has 0 atom stereocenters. The van der Waals surface area contributed by atoms with Crippen LogP contribution in [0.1, 0.15) is 13.8 Å². The molecule has 0 rings (SSSR count). The molecule has 0 aliphatic rings. The van der Waals surface area contributed by atoms with Crippen molar-refractivity contribution in [3.8, 4) is 0 Å². The lowest BCUT2D eigenvalue weighted by Crippen LogP contribution is -2.45. The van der Waals surface area contributed by atoms with Crippen LogP contribution in [0.5, 0.6) is 0 Å². The average Bonchev–Trinajstić information content (AvgIpc) is 1.64. The van der Waals surface area contributed by atoms with Gasteiger partial charge in [-0.25, -0.2) is 0 Å². The van der Waals surface area contributed by atoms with Gasteiger partial charge in [-0.1, -0.05) is 6.08 Å². The van der Waals surface area contributed by atoms with Gasteiger partial charge in [0.15, 0.2) is 5.79 Å². The number of nitrogens with zero attached hydrogens (tertiary/aromatic N) is 1. The van der Waals surface area contributed by atoms with Gasteiger partial charge in [0.2, 0.25) is 0 Å². The van der Waals surface area contributed by atoms with Crippen molar-refractivity contribution in [3.63, 3.8) is 0 Å². The molecule has 0 bridgehead atoms. The SMILES string of the molecule is CC=CC(N)(N)N=CC. The topological polar surface area (TPSA) is 64.4 Å². The van der Waals surface area contributed by atoms with Crippen LogP contribution in [-0.4, -0.2) is 12.0 Å². The fourth-order valence-corrected chi connectivity index (χ4v) is 0.534. The van der Waals surface area contributed by atoms with Gasteiger partial charge in [-0.15, -0.1) is 0 Å². The van der Waals surface area contributed by atoms with Crippen LogP contribution < -0.4 is 11.5 Å². The van der Waals surface area contributed by atoms with E-state index in [9.17, 15) is 0 Å². The van der Waals surface area contributed by atoms with Crippen LogP contribution in [0.25, 0.3) is 0 Å². The van der Waals surface area contributed by atoms with Crippen LogP contribution in [0.4, 0.5) is 0 Å². The van der Waals surface area contributed by atoms with Crippen LogP contribution in [-0.2, 0) is 0 Å². The van der Waals surface area contributed by atoms with E-state index in [1.165, 1.54) is 0 Å². The Hall–Kier alpha value is -0.670. The van der Waals surface area contributed by atoms with Gasteiger partial charge in [-0.05, 0) is 26.1 Å². The first-order valence-electron chi connectivity index (χ1n) is 2.84. The van der Waals surface area contributed by atoms with Crippen molar-refractivity contribution in [3.05, 3.63) is 12.2 Å². The summed E-state index contributed by atoms with van der Waals surface area (Å²) in [4.78, 5) is 3.79. The van der Waals surface area contributed by atoms with Gasteiger partial charge in [0, 0.05) is 0 Å². The Morgan fingerprint density at radius 1 is 1.33 bits per heavy atom. The Morgan fingerprint density at radius 3 is 2.22 bits per heavy atom. The van der Waals surface area contributed by atoms with Gasteiger partial charge < -0.3 is 0 Å². The molecule has 0 unspecified atom stereocenters. The summed E-state index contributed by atoms with van der Waals surface area (Å²) in [6.07, 6.45) is 4.99. The standard InChI is InChI=1S/C6H13N3/c1-3-5-6(7,8)9-4-2/h3-5H,7-8H2,1-2H3. The zero-order valence-electron chi connectivity index (χ0n) is 5.83. The molecule has 4 N–H and O–H groups in total. The van der Waals surface area contributed by atoms with Crippen LogP contribution in [0.3, 0.4) is 0 Å². The molecular weight excluding hydrogens is 114 g/mol. The van der Waals surface area contributed by atoms with Gasteiger partial charge in [0.05, 0.1) is 0 Å². The van der Waals surface area contributed by atoms with E-state index in [0.29, 0.717) is 0 Å². The molecule has 0 spiro atoms. The van der Waals surface area contributed by atoms with Crippen molar-refractivity contribution < 1.29 is 0 Å². The normalized spacial score (nSPS) is 13.8. The number of nitrogens with two attached hydrogens (primary N) is 2. The molecule has 0 saturated carbocycles. The number of aliphatic imine (C=N–C) groups is 1. The molecule has 0 saturated heterocycles. The summed E-state index contributed by atoms with van der Waals surface area (Å²) >= 11 is 0. The maximum atomic E-state index is 5.43. The van der Waals surface area contributed by atoms with E-state index in [1.54, 1.807) is 25.3 Å². The molecule has 0 radical (unpaired) electrons. The predicted molar refractivity (Wildman–Crippen MR) is 40.1 cm³/mol. The van der Waals surface area contributed by atoms with Gasteiger partial charge in [-0.2, -0.15) is 0 Å². The minimum Gasteiger partial charge on any atom is -0.291 e. The molecule has 52 valence electrons. The first-order chi connectivity index (χ1) is 4.12. The molecule has 0 fully saturated rings. The van der Waals surface area contributed by atoms with Crippen molar-refractivity contribution in [1.82, 2.24) is 0 Å². The quantitative estimate of drug-likeness (QED) is 0.317. The number of hydrogen-bond donors (Lipinski definition) is 2. The molecule has 0 aromatic heterocycles. The van der Waals surface area contributed by atoms with Crippen molar-refractivity contribution in [2.24, 2.45) is 16.5 Å². The van der Waals surface area contributed by atoms with Crippen LogP contribution in [0.2, 0.25) is 0 Å². The van der Waals surface area contributed by atoms with Crippen molar-refractivity contribution in [2.45, 2.75) is 19.6 Å². The molecule has 9 heavy (non-hydrogen) atoms. The summed E-state index contributed by atoms with van der Waals surface area (Å²) < 4.78 is 0. The zero-order valence-corrected chi connectivity index (χ0v) is 5.83. The summed E-state index contributed by atoms with van der Waals surface area (Å²) in [5, 5.41) is 0. The molecular formula is C6H13N3. The van der Waals surface area contributed by atoms with Gasteiger partial charge in [0.25, 0.3) is 0 Å². The second-order valence-corrected chi connectivity index (χ2v) is 1.77. The fraction of sp³-hybridized carbons (Fsp3) is 0.500. The lowest BCUT2D eigenvalue weighted by atomic mass is 10.3. The molecule has 0 aliphatic carbocycles. The predicted octanol–water partition coefficient (Wildman–Crippen LogP) is 0.224.